The molecule has 3 heteroatoms. The molecule has 0 unspecified atom stereocenters. The Kier molecular flexibility index (Phi) is 5.35. The van der Waals surface area contributed by atoms with Crippen LogP contribution in [-0.2, 0) is 0 Å². The zero-order valence-corrected chi connectivity index (χ0v) is 9.17. The van der Waals surface area contributed by atoms with Crippen LogP contribution in [0.1, 0.15) is 20.3 Å². The van der Waals surface area contributed by atoms with Gasteiger partial charge >= 0.3 is 0 Å². The minimum Gasteiger partial charge on any atom is -0.320 e. The third-order valence-electron chi connectivity index (χ3n) is 1.19. The van der Waals surface area contributed by atoms with Crippen LogP contribution in [0, 0.1) is 0 Å². The fourth-order valence-corrected chi connectivity index (χ4v) is 1.30. The van der Waals surface area contributed by atoms with Crippen LogP contribution in [0.5, 0.6) is 0 Å². The smallest absolute Gasteiger partial charge is 0.0216 e. The lowest BCUT2D eigenvalue weighted by atomic mass is 10.1. The summed E-state index contributed by atoms with van der Waals surface area (Å²) in [4.78, 5) is 0. The summed E-state index contributed by atoms with van der Waals surface area (Å²) in [5, 5.41) is 3.14. The molecule has 0 rings (SSSR count). The van der Waals surface area contributed by atoms with Crippen molar-refractivity contribution >= 4 is 30.1 Å². The first kappa shape index (κ1) is 10.0. The van der Waals surface area contributed by atoms with Gasteiger partial charge in [-0.25, -0.2) is 0 Å². The molecule has 0 aliphatic carbocycles. The summed E-state index contributed by atoms with van der Waals surface area (Å²) in [6.45, 7) is 5.64. The summed E-state index contributed by atoms with van der Waals surface area (Å²) < 4.78 is 0.434. The summed E-state index contributed by atoms with van der Waals surface area (Å²) in [5.74, 6) is 0. The van der Waals surface area contributed by atoms with Crippen molar-refractivity contribution in [1.29, 1.82) is 0 Å². The van der Waals surface area contributed by atoms with E-state index in [4.69, 9.17) is 0 Å². The van der Waals surface area contributed by atoms with Crippen LogP contribution in [0.15, 0.2) is 0 Å². The highest BCUT2D eigenvalue weighted by atomic mass is 127. The maximum Gasteiger partial charge on any atom is 0.0216 e. The molecular weight excluding hydrogens is 245 g/mol. The van der Waals surface area contributed by atoms with E-state index in [0.29, 0.717) is 4.75 Å². The topological polar surface area (TPSA) is 12.0 Å². The quantitative estimate of drug-likeness (QED) is 0.778. The van der Waals surface area contributed by atoms with Crippen LogP contribution in [0.3, 0.4) is 0 Å². The SMILES string of the molecule is CNCCC(C)(C)SI. The summed E-state index contributed by atoms with van der Waals surface area (Å²) in [7, 11) is 3.89. The van der Waals surface area contributed by atoms with Crippen LogP contribution in [0.2, 0.25) is 0 Å². The van der Waals surface area contributed by atoms with Crippen molar-refractivity contribution in [1.82, 2.24) is 5.32 Å². The van der Waals surface area contributed by atoms with Gasteiger partial charge in [-0.05, 0) is 55.1 Å². The van der Waals surface area contributed by atoms with E-state index in [1.54, 1.807) is 0 Å². The third-order valence-corrected chi connectivity index (χ3v) is 5.38. The molecule has 0 aromatic rings. The van der Waals surface area contributed by atoms with Crippen molar-refractivity contribution in [3.8, 4) is 0 Å². The predicted octanol–water partition coefficient (Wildman–Crippen LogP) is 2.46. The molecule has 0 saturated carbocycles. The van der Waals surface area contributed by atoms with Crippen LogP contribution in [0.25, 0.3) is 0 Å². The molecule has 56 valence electrons. The average molecular weight is 259 g/mol. The largest absolute Gasteiger partial charge is 0.320 e. The molecular formula is C6H14INS. The monoisotopic (exact) mass is 259 g/mol. The Morgan fingerprint density at radius 2 is 2.11 bits per heavy atom. The van der Waals surface area contributed by atoms with Gasteiger partial charge in [0, 0.05) is 4.75 Å². The second kappa shape index (κ2) is 4.79. The molecule has 0 aliphatic heterocycles. The number of hydrogen-bond donors (Lipinski definition) is 1. The molecule has 1 N–H and O–H groups in total. The Labute approximate surface area is 73.9 Å². The highest BCUT2D eigenvalue weighted by Crippen LogP contribution is 2.32. The lowest BCUT2D eigenvalue weighted by molar-refractivity contribution is 0.610. The number of nitrogens with one attached hydrogen (secondary N) is 1. The summed E-state index contributed by atoms with van der Waals surface area (Å²) in [5.41, 5.74) is 0. The third kappa shape index (κ3) is 5.48. The van der Waals surface area contributed by atoms with Crippen molar-refractivity contribution in [3.63, 3.8) is 0 Å². The Morgan fingerprint density at radius 1 is 1.56 bits per heavy atom. The first-order chi connectivity index (χ1) is 4.12. The van der Waals surface area contributed by atoms with Gasteiger partial charge in [-0.1, -0.05) is 8.93 Å². The lowest BCUT2D eigenvalue weighted by Crippen LogP contribution is -2.20. The van der Waals surface area contributed by atoms with E-state index in [0.717, 1.165) is 6.54 Å². The van der Waals surface area contributed by atoms with E-state index in [2.05, 4.69) is 40.4 Å². The van der Waals surface area contributed by atoms with E-state index < -0.39 is 0 Å². The Hall–Kier alpha value is 1.04. The second-order valence-corrected chi connectivity index (χ2v) is 5.27. The van der Waals surface area contributed by atoms with E-state index in [1.165, 1.54) is 6.42 Å². The van der Waals surface area contributed by atoms with Gasteiger partial charge in [0.15, 0.2) is 0 Å². The molecule has 0 saturated heterocycles. The van der Waals surface area contributed by atoms with Crippen molar-refractivity contribution in [2.75, 3.05) is 13.6 Å². The Morgan fingerprint density at radius 3 is 2.44 bits per heavy atom. The Balaban J connectivity index is 3.33. The predicted molar refractivity (Wildman–Crippen MR) is 54.2 cm³/mol. The number of hydrogen-bond acceptors (Lipinski definition) is 2. The minimum atomic E-state index is 0.434. The summed E-state index contributed by atoms with van der Waals surface area (Å²) >= 11 is 2.36. The first-order valence-corrected chi connectivity index (χ1v) is 6.42. The van der Waals surface area contributed by atoms with E-state index in [9.17, 15) is 0 Å². The lowest BCUT2D eigenvalue weighted by Gasteiger charge is -2.19. The van der Waals surface area contributed by atoms with Gasteiger partial charge in [-0.15, -0.1) is 0 Å². The molecule has 0 heterocycles. The van der Waals surface area contributed by atoms with Crippen LogP contribution in [0.4, 0.5) is 0 Å². The van der Waals surface area contributed by atoms with Crippen LogP contribution >= 0.6 is 30.1 Å². The van der Waals surface area contributed by atoms with E-state index in [-0.39, 0.29) is 0 Å². The molecule has 0 radical (unpaired) electrons. The zero-order valence-electron chi connectivity index (χ0n) is 6.20. The molecule has 0 aromatic carbocycles. The minimum absolute atomic E-state index is 0.434. The van der Waals surface area contributed by atoms with Crippen molar-refractivity contribution in [3.05, 3.63) is 0 Å². The first-order valence-electron chi connectivity index (χ1n) is 3.07. The fraction of sp³-hybridized carbons (Fsp3) is 1.00. The normalized spacial score (nSPS) is 12.0. The van der Waals surface area contributed by atoms with Gasteiger partial charge in [-0.2, -0.15) is 0 Å². The highest BCUT2D eigenvalue weighted by Gasteiger charge is 2.15. The molecule has 1 nitrogen and oxygen atoms in total. The average Bonchev–Trinajstić information content (AvgIpc) is 1.84. The highest BCUT2D eigenvalue weighted by molar-refractivity contribution is 14.2. The maximum atomic E-state index is 3.14. The van der Waals surface area contributed by atoms with E-state index >= 15 is 0 Å². The molecule has 0 aliphatic rings. The summed E-state index contributed by atoms with van der Waals surface area (Å²) in [6, 6.07) is 0. The number of rotatable bonds is 4. The van der Waals surface area contributed by atoms with Crippen molar-refractivity contribution in [2.45, 2.75) is 25.0 Å². The van der Waals surface area contributed by atoms with E-state index in [1.807, 2.05) is 16.0 Å². The molecule has 9 heavy (non-hydrogen) atoms. The van der Waals surface area contributed by atoms with Gasteiger partial charge in [0.1, 0.15) is 0 Å². The molecule has 0 bridgehead atoms. The Bertz CT molecular complexity index is 75.5. The van der Waals surface area contributed by atoms with Gasteiger partial charge in [0.05, 0.1) is 0 Å². The van der Waals surface area contributed by atoms with Crippen LogP contribution in [-0.4, -0.2) is 18.3 Å². The molecule has 0 amide bonds. The van der Waals surface area contributed by atoms with Gasteiger partial charge < -0.3 is 5.32 Å². The standard InChI is InChI=1S/C6H14INS/c1-6(2,9-7)4-5-8-3/h8H,4-5H2,1-3H3. The van der Waals surface area contributed by atoms with Gasteiger partial charge in [-0.3, -0.25) is 0 Å². The fourth-order valence-electron chi connectivity index (χ4n) is 0.465. The van der Waals surface area contributed by atoms with Gasteiger partial charge in [0.2, 0.25) is 0 Å². The van der Waals surface area contributed by atoms with Gasteiger partial charge in [0.25, 0.3) is 0 Å². The van der Waals surface area contributed by atoms with Crippen LogP contribution < -0.4 is 5.32 Å². The zero-order chi connectivity index (χ0) is 7.33. The van der Waals surface area contributed by atoms with Crippen molar-refractivity contribution in [2.24, 2.45) is 0 Å². The molecule has 0 atom stereocenters. The molecule has 0 spiro atoms. The molecule has 0 aromatic heterocycles. The molecule has 0 fully saturated rings. The maximum absolute atomic E-state index is 3.14. The second-order valence-electron chi connectivity index (χ2n) is 2.69. The number of halogens is 1. The van der Waals surface area contributed by atoms with Crippen molar-refractivity contribution < 1.29 is 0 Å². The summed E-state index contributed by atoms with van der Waals surface area (Å²) in [6.07, 6.45) is 1.23.